The predicted octanol–water partition coefficient (Wildman–Crippen LogP) is 3.45. The minimum atomic E-state index is 1.34. The van der Waals surface area contributed by atoms with Crippen LogP contribution in [0.25, 0.3) is 0 Å². The van der Waals surface area contributed by atoms with E-state index in [1.807, 2.05) is 5.38 Å². The maximum Gasteiger partial charge on any atom is 0.0791 e. The molecule has 0 aliphatic heterocycles. The minimum absolute atomic E-state index is 1.34. The number of hydrogen-bond acceptors (Lipinski definition) is 2. The molecule has 0 radical (unpaired) electrons. The van der Waals surface area contributed by atoms with Crippen LogP contribution in [0.1, 0.15) is 11.1 Å². The van der Waals surface area contributed by atoms with Crippen molar-refractivity contribution < 1.29 is 0 Å². The van der Waals surface area contributed by atoms with Gasteiger partial charge in [-0.25, -0.2) is 0 Å². The van der Waals surface area contributed by atoms with Gasteiger partial charge in [0.05, 0.1) is 5.51 Å². The monoisotopic (exact) mass is 191 g/mol. The number of aromatic nitrogens is 1. The van der Waals surface area contributed by atoms with E-state index in [0.717, 1.165) is 0 Å². The second-order valence-electron chi connectivity index (χ2n) is 2.83. The third-order valence-electron chi connectivity index (χ3n) is 1.52. The van der Waals surface area contributed by atoms with Crippen LogP contribution in [0.15, 0.2) is 41.4 Å². The van der Waals surface area contributed by atoms with Crippen LogP contribution in [-0.2, 0) is 0 Å². The van der Waals surface area contributed by atoms with E-state index >= 15 is 0 Å². The van der Waals surface area contributed by atoms with E-state index in [1.54, 1.807) is 23.0 Å². The molecule has 1 nitrogen and oxygen atoms in total. The molecule has 0 saturated heterocycles. The fraction of sp³-hybridized carbons (Fsp3) is 0.182. The number of nitrogens with zero attached hydrogens (tertiary/aromatic N) is 1. The second kappa shape index (κ2) is 5.49. The van der Waals surface area contributed by atoms with Gasteiger partial charge in [-0.3, -0.25) is 4.98 Å². The van der Waals surface area contributed by atoms with E-state index in [2.05, 4.69) is 43.1 Å². The molecule has 2 rings (SSSR count). The summed E-state index contributed by atoms with van der Waals surface area (Å²) in [5.41, 5.74) is 4.47. The first-order valence-corrected chi connectivity index (χ1v) is 5.09. The largest absolute Gasteiger partial charge is 0.253 e. The maximum atomic E-state index is 3.74. The summed E-state index contributed by atoms with van der Waals surface area (Å²) in [4.78, 5) is 3.74. The van der Waals surface area contributed by atoms with Crippen LogP contribution in [0, 0.1) is 13.8 Å². The van der Waals surface area contributed by atoms with E-state index in [4.69, 9.17) is 0 Å². The van der Waals surface area contributed by atoms with Crippen molar-refractivity contribution in [2.75, 3.05) is 0 Å². The van der Waals surface area contributed by atoms with E-state index in [-0.39, 0.29) is 0 Å². The predicted molar refractivity (Wildman–Crippen MR) is 58.0 cm³/mol. The van der Waals surface area contributed by atoms with Crippen molar-refractivity contribution in [3.05, 3.63) is 52.5 Å². The molecule has 13 heavy (non-hydrogen) atoms. The summed E-state index contributed by atoms with van der Waals surface area (Å²) >= 11 is 1.60. The van der Waals surface area contributed by atoms with Crippen molar-refractivity contribution in [3.63, 3.8) is 0 Å². The first kappa shape index (κ1) is 9.93. The summed E-state index contributed by atoms with van der Waals surface area (Å²) in [6, 6.07) is 8.45. The van der Waals surface area contributed by atoms with Crippen molar-refractivity contribution in [1.29, 1.82) is 0 Å². The zero-order valence-corrected chi connectivity index (χ0v) is 8.71. The van der Waals surface area contributed by atoms with Crippen LogP contribution in [0.5, 0.6) is 0 Å². The van der Waals surface area contributed by atoms with Gasteiger partial charge in [0.1, 0.15) is 0 Å². The average Bonchev–Trinajstić information content (AvgIpc) is 2.59. The maximum absolute atomic E-state index is 3.74. The third-order valence-corrected chi connectivity index (χ3v) is 2.04. The van der Waals surface area contributed by atoms with Crippen molar-refractivity contribution in [3.8, 4) is 0 Å². The molecule has 0 fully saturated rings. The van der Waals surface area contributed by atoms with Crippen LogP contribution < -0.4 is 0 Å². The van der Waals surface area contributed by atoms with E-state index in [0.29, 0.717) is 0 Å². The molecule has 2 aromatic rings. The zero-order valence-electron chi connectivity index (χ0n) is 7.90. The highest BCUT2D eigenvalue weighted by Gasteiger charge is 1.80. The Kier molecular flexibility index (Phi) is 4.19. The van der Waals surface area contributed by atoms with Crippen LogP contribution in [-0.4, -0.2) is 4.98 Å². The van der Waals surface area contributed by atoms with Crippen LogP contribution >= 0.6 is 11.3 Å². The molecule has 0 saturated carbocycles. The molecule has 0 N–H and O–H groups in total. The first-order chi connectivity index (χ1) is 6.29. The van der Waals surface area contributed by atoms with Gasteiger partial charge in [0.25, 0.3) is 0 Å². The molecule has 0 bridgehead atoms. The van der Waals surface area contributed by atoms with E-state index in [9.17, 15) is 0 Å². The van der Waals surface area contributed by atoms with Gasteiger partial charge in [0.2, 0.25) is 0 Å². The van der Waals surface area contributed by atoms with Gasteiger partial charge in [-0.15, -0.1) is 11.3 Å². The molecule has 0 atom stereocenters. The van der Waals surface area contributed by atoms with Crippen LogP contribution in [0.4, 0.5) is 0 Å². The van der Waals surface area contributed by atoms with Crippen molar-refractivity contribution in [2.24, 2.45) is 0 Å². The Morgan fingerprint density at radius 3 is 2.08 bits per heavy atom. The molecule has 0 aliphatic carbocycles. The van der Waals surface area contributed by atoms with Gasteiger partial charge in [-0.1, -0.05) is 35.4 Å². The van der Waals surface area contributed by atoms with Gasteiger partial charge >= 0.3 is 0 Å². The summed E-state index contributed by atoms with van der Waals surface area (Å²) in [6.45, 7) is 4.21. The molecule has 68 valence electrons. The topological polar surface area (TPSA) is 12.9 Å². The average molecular weight is 191 g/mol. The van der Waals surface area contributed by atoms with Gasteiger partial charge in [-0.05, 0) is 13.8 Å². The Hall–Kier alpha value is -1.15. The van der Waals surface area contributed by atoms with E-state index in [1.165, 1.54) is 11.1 Å². The third kappa shape index (κ3) is 4.43. The van der Waals surface area contributed by atoms with Crippen molar-refractivity contribution >= 4 is 11.3 Å². The Morgan fingerprint density at radius 2 is 1.85 bits per heavy atom. The smallest absolute Gasteiger partial charge is 0.0791 e. The number of hydrogen-bond donors (Lipinski definition) is 0. The number of rotatable bonds is 0. The molecular weight excluding hydrogens is 178 g/mol. The molecule has 2 heteroatoms. The lowest BCUT2D eigenvalue weighted by atomic mass is 10.2. The number of benzene rings is 1. The highest BCUT2D eigenvalue weighted by atomic mass is 32.1. The van der Waals surface area contributed by atoms with Gasteiger partial charge in [-0.2, -0.15) is 0 Å². The lowest BCUT2D eigenvalue weighted by Gasteiger charge is -1.90. The number of aryl methyl sites for hydroxylation is 2. The van der Waals surface area contributed by atoms with E-state index < -0.39 is 0 Å². The summed E-state index contributed by atoms with van der Waals surface area (Å²) in [7, 11) is 0. The lowest BCUT2D eigenvalue weighted by molar-refractivity contribution is 1.39. The normalized spacial score (nSPS) is 8.77. The zero-order chi connectivity index (χ0) is 9.52. The lowest BCUT2D eigenvalue weighted by Crippen LogP contribution is -1.71. The van der Waals surface area contributed by atoms with Gasteiger partial charge < -0.3 is 0 Å². The number of thiazole rings is 1. The summed E-state index contributed by atoms with van der Waals surface area (Å²) < 4.78 is 0. The second-order valence-corrected chi connectivity index (χ2v) is 3.59. The Balaban J connectivity index is 0.000000145. The fourth-order valence-electron chi connectivity index (χ4n) is 0.983. The van der Waals surface area contributed by atoms with Gasteiger partial charge in [0.15, 0.2) is 0 Å². The minimum Gasteiger partial charge on any atom is -0.253 e. The molecular formula is C11H13NS. The highest BCUT2D eigenvalue weighted by molar-refractivity contribution is 7.07. The van der Waals surface area contributed by atoms with Crippen LogP contribution in [0.2, 0.25) is 0 Å². The molecule has 0 aliphatic rings. The summed E-state index contributed by atoms with van der Waals surface area (Å²) in [5, 5.41) is 1.93. The standard InChI is InChI=1S/C8H10.C3H3NS/c1-7-4-3-5-8(2)6-7;1-2-5-3-4-1/h3-6H,1-2H3;1-3H. The van der Waals surface area contributed by atoms with Crippen molar-refractivity contribution in [1.82, 2.24) is 4.98 Å². The quantitative estimate of drug-likeness (QED) is 0.621. The molecule has 1 aromatic carbocycles. The Labute approximate surface area is 83.1 Å². The van der Waals surface area contributed by atoms with Crippen molar-refractivity contribution in [2.45, 2.75) is 13.8 Å². The first-order valence-electron chi connectivity index (χ1n) is 4.14. The van der Waals surface area contributed by atoms with Gasteiger partial charge in [0, 0.05) is 11.6 Å². The summed E-state index contributed by atoms with van der Waals surface area (Å²) in [6.07, 6.45) is 1.77. The SMILES string of the molecule is Cc1cccc(C)c1.c1cscn1. The molecule has 0 amide bonds. The molecule has 1 heterocycles. The Bertz CT molecular complexity index is 293. The fourth-order valence-corrected chi connectivity index (χ4v) is 1.33. The highest BCUT2D eigenvalue weighted by Crippen LogP contribution is 2.00. The molecule has 1 aromatic heterocycles. The Morgan fingerprint density at radius 1 is 1.15 bits per heavy atom. The van der Waals surface area contributed by atoms with Crippen LogP contribution in [0.3, 0.4) is 0 Å². The summed E-state index contributed by atoms with van der Waals surface area (Å²) in [5.74, 6) is 0. The molecule has 0 unspecified atom stereocenters. The molecule has 0 spiro atoms.